The summed E-state index contributed by atoms with van der Waals surface area (Å²) < 4.78 is 5.04. The van der Waals surface area contributed by atoms with Crippen LogP contribution in [0.1, 0.15) is 35.7 Å². The summed E-state index contributed by atoms with van der Waals surface area (Å²) in [6.45, 7) is 4.53. The Balaban J connectivity index is 2.23. The van der Waals surface area contributed by atoms with Gasteiger partial charge in [-0.1, -0.05) is 17.7 Å². The molecule has 5 heteroatoms. The Morgan fingerprint density at radius 2 is 2.20 bits per heavy atom. The van der Waals surface area contributed by atoms with E-state index < -0.39 is 6.04 Å². The summed E-state index contributed by atoms with van der Waals surface area (Å²) >= 11 is 5.95. The third-order valence-corrected chi connectivity index (χ3v) is 3.74. The van der Waals surface area contributed by atoms with E-state index in [4.69, 9.17) is 16.3 Å². The van der Waals surface area contributed by atoms with Crippen molar-refractivity contribution in [1.82, 2.24) is 4.90 Å². The molecule has 0 bridgehead atoms. The molecular formula is C15H18ClNO3. The number of likely N-dealkylation sites (tertiary alicyclic amines) is 1. The van der Waals surface area contributed by atoms with Gasteiger partial charge in [-0.05, 0) is 44.4 Å². The SMILES string of the molecule is CCOC(=O)C1CCCN1C(=O)c1cc(Cl)ccc1C. The first-order valence-electron chi connectivity index (χ1n) is 6.78. The number of benzene rings is 1. The van der Waals surface area contributed by atoms with Crippen LogP contribution in [0, 0.1) is 6.92 Å². The summed E-state index contributed by atoms with van der Waals surface area (Å²) in [4.78, 5) is 26.1. The first-order chi connectivity index (χ1) is 9.54. The molecule has 4 nitrogen and oxygen atoms in total. The van der Waals surface area contributed by atoms with Gasteiger partial charge in [-0.2, -0.15) is 0 Å². The van der Waals surface area contributed by atoms with Gasteiger partial charge in [0, 0.05) is 17.1 Å². The van der Waals surface area contributed by atoms with Crippen LogP contribution < -0.4 is 0 Å². The van der Waals surface area contributed by atoms with Crippen molar-refractivity contribution in [2.45, 2.75) is 32.7 Å². The summed E-state index contributed by atoms with van der Waals surface area (Å²) in [5, 5.41) is 0.519. The fourth-order valence-electron chi connectivity index (χ4n) is 2.47. The smallest absolute Gasteiger partial charge is 0.328 e. The zero-order valence-corrected chi connectivity index (χ0v) is 12.4. The number of esters is 1. The van der Waals surface area contributed by atoms with E-state index >= 15 is 0 Å². The quantitative estimate of drug-likeness (QED) is 0.806. The second-order valence-electron chi connectivity index (χ2n) is 4.87. The molecule has 0 saturated carbocycles. The summed E-state index contributed by atoms with van der Waals surface area (Å²) in [5.41, 5.74) is 1.41. The number of carbonyl (C=O) groups is 2. The van der Waals surface area contributed by atoms with E-state index in [1.165, 1.54) is 0 Å². The number of hydrogen-bond donors (Lipinski definition) is 0. The van der Waals surface area contributed by atoms with E-state index in [-0.39, 0.29) is 11.9 Å². The fourth-order valence-corrected chi connectivity index (χ4v) is 2.64. The fraction of sp³-hybridized carbons (Fsp3) is 0.467. The molecule has 108 valence electrons. The highest BCUT2D eigenvalue weighted by molar-refractivity contribution is 6.31. The lowest BCUT2D eigenvalue weighted by Crippen LogP contribution is -2.41. The van der Waals surface area contributed by atoms with E-state index in [1.54, 1.807) is 24.0 Å². The molecule has 1 atom stereocenters. The highest BCUT2D eigenvalue weighted by Crippen LogP contribution is 2.24. The largest absolute Gasteiger partial charge is 0.464 e. The van der Waals surface area contributed by atoms with Gasteiger partial charge in [0.15, 0.2) is 0 Å². The second-order valence-corrected chi connectivity index (χ2v) is 5.30. The molecule has 20 heavy (non-hydrogen) atoms. The molecule has 1 heterocycles. The summed E-state index contributed by atoms with van der Waals surface area (Å²) in [6.07, 6.45) is 1.47. The minimum atomic E-state index is -0.471. The zero-order chi connectivity index (χ0) is 14.7. The van der Waals surface area contributed by atoms with Gasteiger partial charge in [0.2, 0.25) is 0 Å². The third kappa shape index (κ3) is 2.96. The lowest BCUT2D eigenvalue weighted by molar-refractivity contribution is -0.147. The van der Waals surface area contributed by atoms with E-state index in [1.807, 2.05) is 13.0 Å². The molecule has 1 fully saturated rings. The number of nitrogens with zero attached hydrogens (tertiary/aromatic N) is 1. The van der Waals surface area contributed by atoms with Crippen LogP contribution >= 0.6 is 11.6 Å². The minimum absolute atomic E-state index is 0.152. The monoisotopic (exact) mass is 295 g/mol. The van der Waals surface area contributed by atoms with Crippen LogP contribution in [0.25, 0.3) is 0 Å². The van der Waals surface area contributed by atoms with Crippen molar-refractivity contribution in [3.05, 3.63) is 34.3 Å². The molecule has 2 rings (SSSR count). The van der Waals surface area contributed by atoms with Gasteiger partial charge in [0.05, 0.1) is 6.61 Å². The lowest BCUT2D eigenvalue weighted by atomic mass is 10.1. The molecule has 0 N–H and O–H groups in total. The second kappa shape index (κ2) is 6.27. The van der Waals surface area contributed by atoms with Gasteiger partial charge >= 0.3 is 5.97 Å². The van der Waals surface area contributed by atoms with Crippen molar-refractivity contribution in [2.24, 2.45) is 0 Å². The van der Waals surface area contributed by atoms with Crippen LogP contribution in [0.2, 0.25) is 5.02 Å². The average Bonchev–Trinajstić information content (AvgIpc) is 2.90. The zero-order valence-electron chi connectivity index (χ0n) is 11.7. The van der Waals surface area contributed by atoms with Gasteiger partial charge in [-0.15, -0.1) is 0 Å². The van der Waals surface area contributed by atoms with Crippen molar-refractivity contribution in [3.8, 4) is 0 Å². The van der Waals surface area contributed by atoms with Crippen molar-refractivity contribution in [2.75, 3.05) is 13.2 Å². The lowest BCUT2D eigenvalue weighted by Gasteiger charge is -2.24. The number of ether oxygens (including phenoxy) is 1. The molecule has 1 aliphatic heterocycles. The van der Waals surface area contributed by atoms with Crippen LogP contribution in [-0.4, -0.2) is 36.0 Å². The van der Waals surface area contributed by atoms with Crippen LogP contribution in [0.15, 0.2) is 18.2 Å². The minimum Gasteiger partial charge on any atom is -0.464 e. The van der Waals surface area contributed by atoms with Gasteiger partial charge in [0.25, 0.3) is 5.91 Å². The predicted octanol–water partition coefficient (Wildman–Crippen LogP) is 2.82. The Labute approximate surface area is 123 Å². The number of carbonyl (C=O) groups excluding carboxylic acids is 2. The normalized spacial score (nSPS) is 18.1. The number of amides is 1. The topological polar surface area (TPSA) is 46.6 Å². The average molecular weight is 296 g/mol. The molecule has 0 radical (unpaired) electrons. The van der Waals surface area contributed by atoms with Crippen LogP contribution in [0.5, 0.6) is 0 Å². The van der Waals surface area contributed by atoms with Crippen LogP contribution in [-0.2, 0) is 9.53 Å². The third-order valence-electron chi connectivity index (χ3n) is 3.50. The first-order valence-corrected chi connectivity index (χ1v) is 7.16. The molecule has 0 aromatic heterocycles. The Kier molecular flexibility index (Phi) is 4.65. The van der Waals surface area contributed by atoms with Gasteiger partial charge < -0.3 is 9.64 Å². The predicted molar refractivity (Wildman–Crippen MR) is 76.9 cm³/mol. The van der Waals surface area contributed by atoms with Crippen molar-refractivity contribution in [1.29, 1.82) is 0 Å². The maximum atomic E-state index is 12.6. The maximum Gasteiger partial charge on any atom is 0.328 e. The molecule has 0 spiro atoms. The number of rotatable bonds is 3. The molecular weight excluding hydrogens is 278 g/mol. The Bertz CT molecular complexity index is 530. The van der Waals surface area contributed by atoms with E-state index in [0.29, 0.717) is 30.2 Å². The van der Waals surface area contributed by atoms with E-state index in [0.717, 1.165) is 12.0 Å². The van der Waals surface area contributed by atoms with Gasteiger partial charge in [-0.3, -0.25) is 4.79 Å². The Hall–Kier alpha value is -1.55. The van der Waals surface area contributed by atoms with Crippen LogP contribution in [0.3, 0.4) is 0 Å². The van der Waals surface area contributed by atoms with E-state index in [9.17, 15) is 9.59 Å². The van der Waals surface area contributed by atoms with E-state index in [2.05, 4.69) is 0 Å². The summed E-state index contributed by atoms with van der Waals surface area (Å²) in [7, 11) is 0. The van der Waals surface area contributed by atoms with Crippen molar-refractivity contribution in [3.63, 3.8) is 0 Å². The molecule has 1 aliphatic rings. The van der Waals surface area contributed by atoms with Gasteiger partial charge in [0.1, 0.15) is 6.04 Å². The van der Waals surface area contributed by atoms with Crippen molar-refractivity contribution >= 4 is 23.5 Å². The van der Waals surface area contributed by atoms with Crippen molar-refractivity contribution < 1.29 is 14.3 Å². The van der Waals surface area contributed by atoms with Gasteiger partial charge in [-0.25, -0.2) is 4.79 Å². The molecule has 1 aromatic rings. The number of halogens is 1. The molecule has 1 aromatic carbocycles. The summed E-state index contributed by atoms with van der Waals surface area (Å²) in [5.74, 6) is -0.474. The number of hydrogen-bond acceptors (Lipinski definition) is 3. The first kappa shape index (κ1) is 14.9. The standard InChI is InChI=1S/C15H18ClNO3/c1-3-20-15(19)13-5-4-8-17(13)14(18)12-9-11(16)7-6-10(12)2/h6-7,9,13H,3-5,8H2,1-2H3. The number of aryl methyl sites for hydroxylation is 1. The maximum absolute atomic E-state index is 12.6. The highest BCUT2D eigenvalue weighted by Gasteiger charge is 2.35. The molecule has 1 amide bonds. The molecule has 0 aliphatic carbocycles. The highest BCUT2D eigenvalue weighted by atomic mass is 35.5. The summed E-state index contributed by atoms with van der Waals surface area (Å²) in [6, 6.07) is 4.74. The molecule has 1 unspecified atom stereocenters. The Morgan fingerprint density at radius 3 is 2.90 bits per heavy atom. The molecule has 1 saturated heterocycles. The van der Waals surface area contributed by atoms with Crippen LogP contribution in [0.4, 0.5) is 0 Å². The Morgan fingerprint density at radius 1 is 1.45 bits per heavy atom.